The van der Waals surface area contributed by atoms with Crippen molar-refractivity contribution in [2.24, 2.45) is 11.8 Å². The molecule has 1 atom stereocenters. The molecule has 0 radical (unpaired) electrons. The highest BCUT2D eigenvalue weighted by Gasteiger charge is 2.30. The molecule has 0 saturated carbocycles. The number of amides is 1. The minimum Gasteiger partial charge on any atom is -0.466 e. The van der Waals surface area contributed by atoms with Crippen LogP contribution in [0.5, 0.6) is 0 Å². The highest BCUT2D eigenvalue weighted by molar-refractivity contribution is 5.97. The van der Waals surface area contributed by atoms with Crippen LogP contribution < -0.4 is 0 Å². The van der Waals surface area contributed by atoms with Gasteiger partial charge in [0.2, 0.25) is 0 Å². The van der Waals surface area contributed by atoms with Crippen molar-refractivity contribution in [1.29, 1.82) is 5.26 Å². The van der Waals surface area contributed by atoms with Gasteiger partial charge >= 0.3 is 11.9 Å². The van der Waals surface area contributed by atoms with E-state index in [4.69, 9.17) is 9.47 Å². The van der Waals surface area contributed by atoms with Gasteiger partial charge in [-0.15, -0.1) is 0 Å². The van der Waals surface area contributed by atoms with Crippen LogP contribution >= 0.6 is 0 Å². The van der Waals surface area contributed by atoms with Crippen molar-refractivity contribution in [3.63, 3.8) is 0 Å². The minimum atomic E-state index is -0.330. The Hall–Kier alpha value is -2.56. The van der Waals surface area contributed by atoms with Gasteiger partial charge in [-0.1, -0.05) is 0 Å². The van der Waals surface area contributed by atoms with Gasteiger partial charge in [-0.3, -0.25) is 14.4 Å². The van der Waals surface area contributed by atoms with E-state index in [1.165, 1.54) is 0 Å². The number of carbonyl (C=O) groups excluding carboxylic acids is 3. The van der Waals surface area contributed by atoms with E-state index in [1.54, 1.807) is 24.9 Å². The Bertz CT molecular complexity index is 647. The number of nitrogens with zero attached hydrogens (tertiary/aromatic N) is 3. The molecule has 1 unspecified atom stereocenters. The van der Waals surface area contributed by atoms with Crippen molar-refractivity contribution in [3.8, 4) is 6.07 Å². The summed E-state index contributed by atoms with van der Waals surface area (Å²) in [5.74, 6) is -1.20. The molecule has 0 aliphatic carbocycles. The maximum atomic E-state index is 12.7. The van der Waals surface area contributed by atoms with Crippen LogP contribution in [0.2, 0.25) is 0 Å². The standard InChI is InChI=1S/C20H29N3O5/c1-3-27-19(25)15-7-10-23(11-8-15)18(24)17(12-21)14-22-9-5-6-16(13-22)20(26)28-4-2/h14-16H,3-11,13H2,1-2H3/b17-14-. The summed E-state index contributed by atoms with van der Waals surface area (Å²) in [7, 11) is 0. The van der Waals surface area contributed by atoms with Gasteiger partial charge in [0.05, 0.1) is 25.0 Å². The van der Waals surface area contributed by atoms with Crippen molar-refractivity contribution < 1.29 is 23.9 Å². The Kier molecular flexibility index (Phi) is 8.30. The van der Waals surface area contributed by atoms with Crippen LogP contribution in [-0.2, 0) is 23.9 Å². The van der Waals surface area contributed by atoms with Crippen LogP contribution in [0.4, 0.5) is 0 Å². The van der Waals surface area contributed by atoms with Crippen molar-refractivity contribution in [1.82, 2.24) is 9.80 Å². The van der Waals surface area contributed by atoms with Crippen LogP contribution in [0.3, 0.4) is 0 Å². The van der Waals surface area contributed by atoms with Gasteiger partial charge in [-0.2, -0.15) is 5.26 Å². The number of rotatable bonds is 6. The maximum absolute atomic E-state index is 12.7. The lowest BCUT2D eigenvalue weighted by Crippen LogP contribution is -2.42. The lowest BCUT2D eigenvalue weighted by atomic mass is 9.96. The van der Waals surface area contributed by atoms with E-state index >= 15 is 0 Å². The molecule has 1 amide bonds. The predicted molar refractivity (Wildman–Crippen MR) is 101 cm³/mol. The fourth-order valence-corrected chi connectivity index (χ4v) is 3.64. The summed E-state index contributed by atoms with van der Waals surface area (Å²) in [6, 6.07) is 1.99. The first kappa shape index (κ1) is 21.7. The molecule has 0 aromatic heterocycles. The molecule has 154 valence electrons. The molecule has 0 spiro atoms. The third-order valence-corrected chi connectivity index (χ3v) is 5.14. The number of carbonyl (C=O) groups is 3. The first-order valence-corrected chi connectivity index (χ1v) is 9.98. The first-order valence-electron chi connectivity index (χ1n) is 9.98. The summed E-state index contributed by atoms with van der Waals surface area (Å²) in [5.41, 5.74) is 0.0547. The second kappa shape index (κ2) is 10.7. The molecule has 2 saturated heterocycles. The van der Waals surface area contributed by atoms with Crippen molar-refractivity contribution >= 4 is 17.8 Å². The van der Waals surface area contributed by atoms with Gasteiger partial charge in [0, 0.05) is 32.4 Å². The summed E-state index contributed by atoms with van der Waals surface area (Å²) in [5, 5.41) is 9.47. The van der Waals surface area contributed by atoms with Crippen LogP contribution in [0.15, 0.2) is 11.8 Å². The zero-order valence-corrected chi connectivity index (χ0v) is 16.7. The van der Waals surface area contributed by atoms with Gasteiger partial charge < -0.3 is 19.3 Å². The molecule has 0 N–H and O–H groups in total. The molecule has 2 aliphatic rings. The fraction of sp³-hybridized carbons (Fsp3) is 0.700. The second-order valence-corrected chi connectivity index (χ2v) is 7.06. The Labute approximate surface area is 166 Å². The van der Waals surface area contributed by atoms with Gasteiger partial charge in [0.25, 0.3) is 5.91 Å². The van der Waals surface area contributed by atoms with E-state index in [-0.39, 0.29) is 35.3 Å². The summed E-state index contributed by atoms with van der Waals surface area (Å²) in [6.45, 7) is 6.22. The molecule has 2 fully saturated rings. The lowest BCUT2D eigenvalue weighted by Gasteiger charge is -2.32. The maximum Gasteiger partial charge on any atom is 0.310 e. The number of ether oxygens (including phenoxy) is 2. The van der Waals surface area contributed by atoms with Gasteiger partial charge in [-0.05, 0) is 39.5 Å². The fourth-order valence-electron chi connectivity index (χ4n) is 3.64. The largest absolute Gasteiger partial charge is 0.466 e. The van der Waals surface area contributed by atoms with Gasteiger partial charge in [-0.25, -0.2) is 0 Å². The summed E-state index contributed by atoms with van der Waals surface area (Å²) < 4.78 is 10.1. The van der Waals surface area contributed by atoms with Crippen LogP contribution in [0, 0.1) is 23.2 Å². The number of piperidine rings is 2. The number of hydrogen-bond acceptors (Lipinski definition) is 7. The zero-order valence-electron chi connectivity index (χ0n) is 16.7. The van der Waals surface area contributed by atoms with E-state index in [1.807, 2.05) is 11.0 Å². The quantitative estimate of drug-likeness (QED) is 0.384. The number of nitriles is 1. The molecule has 0 bridgehead atoms. The highest BCUT2D eigenvalue weighted by Crippen LogP contribution is 2.22. The molecule has 2 heterocycles. The van der Waals surface area contributed by atoms with Crippen LogP contribution in [0.25, 0.3) is 0 Å². The second-order valence-electron chi connectivity index (χ2n) is 7.06. The molecule has 2 rings (SSSR count). The average molecular weight is 391 g/mol. The minimum absolute atomic E-state index is 0.0547. The average Bonchev–Trinajstić information content (AvgIpc) is 2.72. The lowest BCUT2D eigenvalue weighted by molar-refractivity contribution is -0.151. The van der Waals surface area contributed by atoms with E-state index in [0.717, 1.165) is 12.8 Å². The highest BCUT2D eigenvalue weighted by atomic mass is 16.5. The number of likely N-dealkylation sites (tertiary alicyclic amines) is 2. The molecular weight excluding hydrogens is 362 g/mol. The zero-order chi connectivity index (χ0) is 20.5. The topological polar surface area (TPSA) is 99.9 Å². The summed E-state index contributed by atoms with van der Waals surface area (Å²) >= 11 is 0. The van der Waals surface area contributed by atoms with Gasteiger partial charge in [0.15, 0.2) is 0 Å². The summed E-state index contributed by atoms with van der Waals surface area (Å²) in [4.78, 5) is 40.0. The van der Waals surface area contributed by atoms with Crippen LogP contribution in [0.1, 0.15) is 39.5 Å². The number of esters is 2. The summed E-state index contributed by atoms with van der Waals surface area (Å²) in [6.07, 6.45) is 4.19. The molecule has 0 aromatic rings. The Morgan fingerprint density at radius 3 is 2.18 bits per heavy atom. The van der Waals surface area contributed by atoms with Crippen LogP contribution in [-0.4, -0.2) is 67.0 Å². The molecular formula is C20H29N3O5. The third-order valence-electron chi connectivity index (χ3n) is 5.14. The van der Waals surface area contributed by atoms with Crippen molar-refractivity contribution in [3.05, 3.63) is 11.8 Å². The Morgan fingerprint density at radius 2 is 1.61 bits per heavy atom. The van der Waals surface area contributed by atoms with E-state index in [9.17, 15) is 19.6 Å². The molecule has 2 aliphatic heterocycles. The molecule has 8 nitrogen and oxygen atoms in total. The smallest absolute Gasteiger partial charge is 0.310 e. The van der Waals surface area contributed by atoms with E-state index in [2.05, 4.69) is 0 Å². The van der Waals surface area contributed by atoms with Gasteiger partial charge in [0.1, 0.15) is 11.6 Å². The normalized spacial score (nSPS) is 21.0. The Morgan fingerprint density at radius 1 is 1.00 bits per heavy atom. The molecule has 8 heteroatoms. The molecule has 0 aromatic carbocycles. The van der Waals surface area contributed by atoms with E-state index < -0.39 is 0 Å². The molecule has 28 heavy (non-hydrogen) atoms. The third kappa shape index (κ3) is 5.72. The predicted octanol–water partition coefficient (Wildman–Crippen LogP) is 1.47. The van der Waals surface area contributed by atoms with Crippen molar-refractivity contribution in [2.45, 2.75) is 39.5 Å². The monoisotopic (exact) mass is 391 g/mol. The Balaban J connectivity index is 1.95. The first-order chi connectivity index (χ1) is 13.5. The number of hydrogen-bond donors (Lipinski definition) is 0. The van der Waals surface area contributed by atoms with E-state index in [0.29, 0.717) is 52.2 Å². The van der Waals surface area contributed by atoms with Crippen molar-refractivity contribution in [2.75, 3.05) is 39.4 Å². The SMILES string of the molecule is CCOC(=O)C1CCN(C(=O)/C(C#N)=C\N2CCCC(C(=O)OCC)C2)CC1.